The fraction of sp³-hybridized carbons (Fsp3) is 0.182. The quantitative estimate of drug-likeness (QED) is 0.785. The van der Waals surface area contributed by atoms with Gasteiger partial charge in [-0.15, -0.1) is 0 Å². The number of hydrogen-bond donors (Lipinski definition) is 1. The van der Waals surface area contributed by atoms with Gasteiger partial charge in [-0.05, 0) is 11.5 Å². The van der Waals surface area contributed by atoms with Crippen LogP contribution in [0.15, 0.2) is 30.5 Å². The van der Waals surface area contributed by atoms with E-state index >= 15 is 0 Å². The molecule has 2 aromatic rings. The van der Waals surface area contributed by atoms with Crippen molar-refractivity contribution in [2.45, 2.75) is 0 Å². The SMILES string of the molecule is CNc1cccc2cc(OC)ncc12. The van der Waals surface area contributed by atoms with Gasteiger partial charge in [0.05, 0.1) is 7.11 Å². The zero-order valence-electron chi connectivity index (χ0n) is 8.24. The largest absolute Gasteiger partial charge is 0.481 e. The summed E-state index contributed by atoms with van der Waals surface area (Å²) in [6.07, 6.45) is 1.82. The number of benzene rings is 1. The van der Waals surface area contributed by atoms with Crippen LogP contribution in [0.5, 0.6) is 5.88 Å². The second kappa shape index (κ2) is 3.54. The molecule has 0 bridgehead atoms. The third-order valence-corrected chi connectivity index (χ3v) is 2.22. The number of methoxy groups -OCH3 is 1. The van der Waals surface area contributed by atoms with Crippen LogP contribution >= 0.6 is 0 Å². The summed E-state index contributed by atoms with van der Waals surface area (Å²) in [5.74, 6) is 0.644. The lowest BCUT2D eigenvalue weighted by Crippen LogP contribution is -1.91. The van der Waals surface area contributed by atoms with Crippen molar-refractivity contribution in [2.75, 3.05) is 19.5 Å². The standard InChI is InChI=1S/C11H12N2O/c1-12-10-5-3-4-8-6-11(14-2)13-7-9(8)10/h3-7,12H,1-2H3. The van der Waals surface area contributed by atoms with Crippen molar-refractivity contribution in [2.24, 2.45) is 0 Å². The van der Waals surface area contributed by atoms with E-state index in [1.54, 1.807) is 7.11 Å². The van der Waals surface area contributed by atoms with E-state index in [2.05, 4.69) is 10.3 Å². The summed E-state index contributed by atoms with van der Waals surface area (Å²) in [6.45, 7) is 0. The average molecular weight is 188 g/mol. The van der Waals surface area contributed by atoms with Crippen LogP contribution in [0.4, 0.5) is 5.69 Å². The fourth-order valence-electron chi connectivity index (χ4n) is 1.48. The van der Waals surface area contributed by atoms with Gasteiger partial charge < -0.3 is 10.1 Å². The monoisotopic (exact) mass is 188 g/mol. The van der Waals surface area contributed by atoms with Gasteiger partial charge in [-0.25, -0.2) is 4.98 Å². The summed E-state index contributed by atoms with van der Waals surface area (Å²) in [4.78, 5) is 4.17. The third-order valence-electron chi connectivity index (χ3n) is 2.22. The van der Waals surface area contributed by atoms with Crippen LogP contribution in [0.3, 0.4) is 0 Å². The van der Waals surface area contributed by atoms with Gasteiger partial charge in [-0.3, -0.25) is 0 Å². The lowest BCUT2D eigenvalue weighted by molar-refractivity contribution is 0.399. The van der Waals surface area contributed by atoms with Crippen molar-refractivity contribution < 1.29 is 4.74 Å². The normalized spacial score (nSPS) is 10.1. The number of nitrogens with one attached hydrogen (secondary N) is 1. The molecule has 0 radical (unpaired) electrons. The first kappa shape index (κ1) is 8.81. The van der Waals surface area contributed by atoms with Gasteiger partial charge in [0.15, 0.2) is 0 Å². The molecule has 0 spiro atoms. The van der Waals surface area contributed by atoms with E-state index in [1.165, 1.54) is 0 Å². The predicted octanol–water partition coefficient (Wildman–Crippen LogP) is 2.29. The van der Waals surface area contributed by atoms with Crippen LogP contribution in [0.2, 0.25) is 0 Å². The van der Waals surface area contributed by atoms with Crippen LogP contribution in [-0.4, -0.2) is 19.1 Å². The van der Waals surface area contributed by atoms with Gasteiger partial charge in [-0.1, -0.05) is 12.1 Å². The Bertz CT molecular complexity index is 454. The maximum Gasteiger partial charge on any atom is 0.213 e. The summed E-state index contributed by atoms with van der Waals surface area (Å²) >= 11 is 0. The molecule has 0 aliphatic heterocycles. The summed E-state index contributed by atoms with van der Waals surface area (Å²) in [6, 6.07) is 8.00. The zero-order valence-corrected chi connectivity index (χ0v) is 8.24. The Balaban J connectivity index is 2.67. The molecule has 2 rings (SSSR count). The Morgan fingerprint density at radius 2 is 2.21 bits per heavy atom. The van der Waals surface area contributed by atoms with Crippen LogP contribution < -0.4 is 10.1 Å². The van der Waals surface area contributed by atoms with E-state index in [9.17, 15) is 0 Å². The van der Waals surface area contributed by atoms with Crippen molar-refractivity contribution in [1.29, 1.82) is 0 Å². The number of fused-ring (bicyclic) bond motifs is 1. The number of anilines is 1. The molecule has 0 unspecified atom stereocenters. The molecule has 0 aliphatic carbocycles. The number of nitrogens with zero attached hydrogens (tertiary/aromatic N) is 1. The van der Waals surface area contributed by atoms with Gasteiger partial charge in [-0.2, -0.15) is 0 Å². The van der Waals surface area contributed by atoms with Crippen LogP contribution in [0.1, 0.15) is 0 Å². The molecule has 0 atom stereocenters. The smallest absolute Gasteiger partial charge is 0.213 e. The highest BCUT2D eigenvalue weighted by Gasteiger charge is 2.00. The molecule has 72 valence electrons. The van der Waals surface area contributed by atoms with Crippen LogP contribution in [0, 0.1) is 0 Å². The summed E-state index contributed by atoms with van der Waals surface area (Å²) in [5.41, 5.74) is 1.08. The van der Waals surface area contributed by atoms with Crippen molar-refractivity contribution in [3.8, 4) is 5.88 Å². The maximum atomic E-state index is 5.06. The Hall–Kier alpha value is -1.77. The molecule has 0 saturated heterocycles. The van der Waals surface area contributed by atoms with E-state index in [0.29, 0.717) is 5.88 Å². The molecule has 0 fully saturated rings. The molecule has 3 nitrogen and oxygen atoms in total. The minimum atomic E-state index is 0.644. The highest BCUT2D eigenvalue weighted by molar-refractivity contribution is 5.93. The highest BCUT2D eigenvalue weighted by Crippen LogP contribution is 2.24. The van der Waals surface area contributed by atoms with Gasteiger partial charge in [0.25, 0.3) is 0 Å². The number of rotatable bonds is 2. The average Bonchev–Trinajstić information content (AvgIpc) is 2.27. The summed E-state index contributed by atoms with van der Waals surface area (Å²) in [7, 11) is 3.52. The van der Waals surface area contributed by atoms with E-state index < -0.39 is 0 Å². The van der Waals surface area contributed by atoms with E-state index in [4.69, 9.17) is 4.74 Å². The number of pyridine rings is 1. The number of ether oxygens (including phenoxy) is 1. The lowest BCUT2D eigenvalue weighted by Gasteiger charge is -2.06. The predicted molar refractivity (Wildman–Crippen MR) is 57.8 cm³/mol. The third kappa shape index (κ3) is 1.37. The highest BCUT2D eigenvalue weighted by atomic mass is 16.5. The van der Waals surface area contributed by atoms with E-state index in [1.807, 2.05) is 37.5 Å². The number of aromatic nitrogens is 1. The molecular weight excluding hydrogens is 176 g/mol. The molecule has 0 saturated carbocycles. The minimum absolute atomic E-state index is 0.644. The van der Waals surface area contributed by atoms with Gasteiger partial charge >= 0.3 is 0 Å². The molecule has 0 amide bonds. The first-order valence-electron chi connectivity index (χ1n) is 4.45. The van der Waals surface area contributed by atoms with Crippen molar-refractivity contribution in [3.05, 3.63) is 30.5 Å². The zero-order chi connectivity index (χ0) is 9.97. The van der Waals surface area contributed by atoms with Crippen molar-refractivity contribution in [3.63, 3.8) is 0 Å². The van der Waals surface area contributed by atoms with Crippen molar-refractivity contribution >= 4 is 16.5 Å². The van der Waals surface area contributed by atoms with E-state index in [-0.39, 0.29) is 0 Å². The Kier molecular flexibility index (Phi) is 2.23. The van der Waals surface area contributed by atoms with Crippen LogP contribution in [0.25, 0.3) is 10.8 Å². The molecular formula is C11H12N2O. The Labute approximate surface area is 82.7 Å². The van der Waals surface area contributed by atoms with Gasteiger partial charge in [0, 0.05) is 30.4 Å². The summed E-state index contributed by atoms with van der Waals surface area (Å²) in [5, 5.41) is 5.36. The van der Waals surface area contributed by atoms with E-state index in [0.717, 1.165) is 16.5 Å². The minimum Gasteiger partial charge on any atom is -0.481 e. The van der Waals surface area contributed by atoms with Crippen molar-refractivity contribution in [1.82, 2.24) is 4.98 Å². The molecule has 14 heavy (non-hydrogen) atoms. The topological polar surface area (TPSA) is 34.1 Å². The number of hydrogen-bond acceptors (Lipinski definition) is 3. The van der Waals surface area contributed by atoms with Gasteiger partial charge in [0.2, 0.25) is 5.88 Å². The second-order valence-electron chi connectivity index (χ2n) is 3.00. The molecule has 3 heteroatoms. The molecule has 0 aliphatic rings. The Morgan fingerprint density at radius 3 is 2.93 bits per heavy atom. The molecule has 1 aromatic heterocycles. The lowest BCUT2D eigenvalue weighted by atomic mass is 10.1. The molecule has 1 heterocycles. The van der Waals surface area contributed by atoms with Gasteiger partial charge in [0.1, 0.15) is 0 Å². The molecule has 1 aromatic carbocycles. The first-order valence-corrected chi connectivity index (χ1v) is 4.45. The second-order valence-corrected chi connectivity index (χ2v) is 3.00. The first-order chi connectivity index (χ1) is 6.85. The Morgan fingerprint density at radius 1 is 1.36 bits per heavy atom. The molecule has 1 N–H and O–H groups in total. The summed E-state index contributed by atoms with van der Waals surface area (Å²) < 4.78 is 5.06. The van der Waals surface area contributed by atoms with Crippen LogP contribution in [-0.2, 0) is 0 Å². The maximum absolute atomic E-state index is 5.06. The fourth-order valence-corrected chi connectivity index (χ4v) is 1.48.